The van der Waals surface area contributed by atoms with Gasteiger partial charge in [0.1, 0.15) is 22.8 Å². The second kappa shape index (κ2) is 23.1. The van der Waals surface area contributed by atoms with E-state index < -0.39 is 63.5 Å². The lowest BCUT2D eigenvalue weighted by atomic mass is 9.81. The summed E-state index contributed by atoms with van der Waals surface area (Å²) in [6, 6.07) is 12.8. The number of rotatable bonds is 6. The van der Waals surface area contributed by atoms with Crippen LogP contribution in [0.4, 0.5) is 36.4 Å². The summed E-state index contributed by atoms with van der Waals surface area (Å²) >= 11 is 8.23. The summed E-state index contributed by atoms with van der Waals surface area (Å²) in [5, 5.41) is 27.8. The number of halogens is 11. The molecule has 63 heavy (non-hydrogen) atoms. The van der Waals surface area contributed by atoms with Crippen molar-refractivity contribution >= 4 is 99.9 Å². The van der Waals surface area contributed by atoms with Crippen molar-refractivity contribution < 1.29 is 50.5 Å². The molecule has 4 heterocycles. The molecule has 4 aliphatic rings. The van der Waals surface area contributed by atoms with E-state index in [1.54, 1.807) is 18.2 Å². The minimum Gasteiger partial charge on any atom is -0.396 e. The zero-order valence-electron chi connectivity index (χ0n) is 33.5. The highest BCUT2D eigenvalue weighted by molar-refractivity contribution is 15.0. The fourth-order valence-electron chi connectivity index (χ4n) is 7.93. The molecule has 4 aliphatic heterocycles. The molecule has 9 nitrogen and oxygen atoms in total. The third kappa shape index (κ3) is 12.7. The normalized spacial score (nSPS) is 19.7. The number of nitrogen functional groups attached to an aromatic ring is 1. The second-order valence-corrected chi connectivity index (χ2v) is 18.2. The molecule has 4 fully saturated rings. The van der Waals surface area contributed by atoms with Gasteiger partial charge in [0.05, 0.1) is 37.4 Å². The molecule has 4 aromatic carbocycles. The standard InChI is InChI=1S/C22H22F3IN2O2.C15H17F3N2O2.C6H5FIN.I2/c23-17-7-6-15(16(20(17)25)9-13-4-5-14(26)10-18(13)24)21(29)28-11-22(30,12-28)19-3-1-2-8-27-19;16-10-5-4-9(12(17)13(10)18)14(21)20-7-15(22,8-20)11-3-1-2-6-19-11;7-5-3-4(8)1-2-6(5)9;1-2/h4-7,10,19,27,30H,1-3,8-9,11-12H2;4-5,11,19,22H,1-3,6-8H2;1-3H,9H2;/t19-;11-;;/m00../s1. The SMILES string of the molecule is II.Nc1ccc(I)cc1F.O=C(c1ccc(F)c(F)c1Cc1ccc(I)cc1F)N1CC(O)([C@@H]2CCCCN2)C1.O=C(c1ccc(F)c(F)c1F)N1CC(O)([C@@H]2CCCCN2)C1. The molecule has 0 bridgehead atoms. The van der Waals surface area contributed by atoms with Gasteiger partial charge in [-0.15, -0.1) is 0 Å². The largest absolute Gasteiger partial charge is 0.396 e. The number of hydrogen-bond acceptors (Lipinski definition) is 7. The van der Waals surface area contributed by atoms with Gasteiger partial charge in [0.15, 0.2) is 29.1 Å². The Hall–Kier alpha value is -2.11. The monoisotopic (exact) mass is 1330 g/mol. The first kappa shape index (κ1) is 51.9. The third-order valence-corrected chi connectivity index (χ3v) is 12.7. The van der Waals surface area contributed by atoms with Gasteiger partial charge in [0.2, 0.25) is 0 Å². The number of hydrogen-bond donors (Lipinski definition) is 5. The van der Waals surface area contributed by atoms with E-state index in [1.807, 2.05) is 45.2 Å². The first-order valence-corrected chi connectivity index (χ1v) is 28.2. The van der Waals surface area contributed by atoms with Gasteiger partial charge in [-0.25, -0.2) is 30.7 Å². The number of likely N-dealkylation sites (tertiary alicyclic amines) is 2. The smallest absolute Gasteiger partial charge is 0.257 e. The van der Waals surface area contributed by atoms with Gasteiger partial charge in [0, 0.05) is 74.0 Å². The number of nitrogens with zero attached hydrogens (tertiary/aromatic N) is 2. The predicted molar refractivity (Wildman–Crippen MR) is 259 cm³/mol. The van der Waals surface area contributed by atoms with E-state index in [9.17, 15) is 50.5 Å². The van der Waals surface area contributed by atoms with Crippen LogP contribution in [0.1, 0.15) is 70.4 Å². The van der Waals surface area contributed by atoms with Crippen LogP contribution >= 0.6 is 82.4 Å². The van der Waals surface area contributed by atoms with Crippen LogP contribution in [0.25, 0.3) is 0 Å². The number of β-amino-alcohol motifs (C(OH)–C–C–N with tert-alkyl or cyclic N) is 2. The quantitative estimate of drug-likeness (QED) is 0.0565. The summed E-state index contributed by atoms with van der Waals surface area (Å²) in [6.45, 7) is 2.01. The Morgan fingerprint density at radius 1 is 0.619 bits per heavy atom. The predicted octanol–water partition coefficient (Wildman–Crippen LogP) is 8.85. The maximum absolute atomic E-state index is 14.6. The minimum absolute atomic E-state index is 0.00879. The van der Waals surface area contributed by atoms with Gasteiger partial charge in [-0.05, 0) is 144 Å². The van der Waals surface area contributed by atoms with Gasteiger partial charge < -0.3 is 36.4 Å². The molecule has 2 atom stereocenters. The number of carbonyl (C=O) groups excluding carboxylic acids is 2. The van der Waals surface area contributed by atoms with E-state index in [0.717, 1.165) is 73.4 Å². The summed E-state index contributed by atoms with van der Waals surface area (Å²) in [7, 11) is 0. The lowest BCUT2D eigenvalue weighted by Crippen LogP contribution is -2.72. The number of carbonyl (C=O) groups is 2. The van der Waals surface area contributed by atoms with E-state index in [0.29, 0.717) is 3.57 Å². The number of benzene rings is 4. The van der Waals surface area contributed by atoms with Crippen LogP contribution < -0.4 is 16.4 Å². The lowest BCUT2D eigenvalue weighted by Gasteiger charge is -2.51. The summed E-state index contributed by atoms with van der Waals surface area (Å²) in [6.07, 6.45) is 5.54. The van der Waals surface area contributed by atoms with E-state index in [4.69, 9.17) is 5.73 Å². The van der Waals surface area contributed by atoms with Gasteiger partial charge >= 0.3 is 0 Å². The molecule has 342 valence electrons. The van der Waals surface area contributed by atoms with Gasteiger partial charge in [-0.3, -0.25) is 9.59 Å². The highest BCUT2D eigenvalue weighted by Gasteiger charge is 2.51. The zero-order valence-corrected chi connectivity index (χ0v) is 42.1. The molecule has 4 saturated heterocycles. The Balaban J connectivity index is 0.000000197. The fourth-order valence-corrected chi connectivity index (χ4v) is 8.84. The first-order valence-electron chi connectivity index (χ1n) is 19.8. The van der Waals surface area contributed by atoms with Crippen LogP contribution in [-0.4, -0.2) is 94.4 Å². The van der Waals surface area contributed by atoms with Crippen molar-refractivity contribution in [3.05, 3.63) is 131 Å². The highest BCUT2D eigenvalue weighted by atomic mass is 128. The molecule has 0 aliphatic carbocycles. The Kier molecular flexibility index (Phi) is 19.0. The van der Waals surface area contributed by atoms with Crippen LogP contribution in [-0.2, 0) is 6.42 Å². The number of amides is 2. The summed E-state index contributed by atoms with van der Waals surface area (Å²) < 4.78 is 96.5. The average molecular weight is 1340 g/mol. The van der Waals surface area contributed by atoms with Crippen molar-refractivity contribution in [2.24, 2.45) is 0 Å². The number of nitrogens with two attached hydrogens (primary N) is 1. The average Bonchev–Trinajstić information content (AvgIpc) is 3.26. The van der Waals surface area contributed by atoms with E-state index in [1.165, 1.54) is 34.1 Å². The number of nitrogens with one attached hydrogen (secondary N) is 2. The molecular formula is C43H44F7I4N5O4. The van der Waals surface area contributed by atoms with Gasteiger partial charge in [-0.2, -0.15) is 0 Å². The molecule has 0 radical (unpaired) electrons. The molecule has 20 heteroatoms. The number of anilines is 1. The van der Waals surface area contributed by atoms with Crippen molar-refractivity contribution in [3.8, 4) is 0 Å². The lowest BCUT2D eigenvalue weighted by molar-refractivity contribution is -0.108. The minimum atomic E-state index is -1.66. The fraction of sp³-hybridized carbons (Fsp3) is 0.395. The molecule has 0 saturated carbocycles. The molecule has 8 rings (SSSR count). The van der Waals surface area contributed by atoms with E-state index in [-0.39, 0.29) is 72.9 Å². The van der Waals surface area contributed by atoms with Crippen LogP contribution in [0.15, 0.2) is 60.7 Å². The Labute approximate surface area is 411 Å². The Bertz CT molecular complexity index is 2260. The molecule has 0 spiro atoms. The van der Waals surface area contributed by atoms with Crippen molar-refractivity contribution in [1.29, 1.82) is 0 Å². The first-order chi connectivity index (χ1) is 29.9. The molecule has 6 N–H and O–H groups in total. The zero-order chi connectivity index (χ0) is 46.2. The Morgan fingerprint density at radius 2 is 1.08 bits per heavy atom. The van der Waals surface area contributed by atoms with E-state index in [2.05, 4.69) is 47.9 Å². The maximum atomic E-state index is 14.6. The van der Waals surface area contributed by atoms with Crippen LogP contribution in [0, 0.1) is 47.9 Å². The third-order valence-electron chi connectivity index (χ3n) is 11.4. The highest BCUT2D eigenvalue weighted by Crippen LogP contribution is 2.33. The molecule has 4 aromatic rings. The maximum Gasteiger partial charge on any atom is 0.257 e. The molecule has 0 unspecified atom stereocenters. The topological polar surface area (TPSA) is 131 Å². The van der Waals surface area contributed by atoms with Crippen molar-refractivity contribution in [3.63, 3.8) is 0 Å². The van der Waals surface area contributed by atoms with Crippen LogP contribution in [0.3, 0.4) is 0 Å². The molecular weight excluding hydrogens is 1290 g/mol. The Morgan fingerprint density at radius 3 is 1.54 bits per heavy atom. The van der Waals surface area contributed by atoms with Crippen LogP contribution in [0.2, 0.25) is 0 Å². The number of aliphatic hydroxyl groups is 2. The van der Waals surface area contributed by atoms with Crippen LogP contribution in [0.5, 0.6) is 0 Å². The van der Waals surface area contributed by atoms with Crippen molar-refractivity contribution in [2.45, 2.75) is 68.2 Å². The summed E-state index contributed by atoms with van der Waals surface area (Å²) in [5.41, 5.74) is 2.84. The summed E-state index contributed by atoms with van der Waals surface area (Å²) in [5.74, 6) is -8.82. The van der Waals surface area contributed by atoms with E-state index >= 15 is 0 Å². The number of piperidine rings is 2. The van der Waals surface area contributed by atoms with Crippen molar-refractivity contribution in [2.75, 3.05) is 45.0 Å². The van der Waals surface area contributed by atoms with Gasteiger partial charge in [0.25, 0.3) is 11.8 Å². The molecule has 2 amide bonds. The summed E-state index contributed by atoms with van der Waals surface area (Å²) in [4.78, 5) is 27.8. The second-order valence-electron chi connectivity index (χ2n) is 15.7. The van der Waals surface area contributed by atoms with Gasteiger partial charge in [-0.1, -0.05) is 18.9 Å². The van der Waals surface area contributed by atoms with Crippen molar-refractivity contribution in [1.82, 2.24) is 20.4 Å². The molecule has 0 aromatic heterocycles.